The summed E-state index contributed by atoms with van der Waals surface area (Å²) >= 11 is 0. The van der Waals surface area contributed by atoms with Crippen molar-refractivity contribution in [3.8, 4) is 0 Å². The van der Waals surface area contributed by atoms with E-state index in [1.165, 1.54) is 29.7 Å². The Morgan fingerprint density at radius 2 is 2.07 bits per heavy atom. The zero-order chi connectivity index (χ0) is 19.2. The van der Waals surface area contributed by atoms with E-state index >= 15 is 0 Å². The third-order valence-corrected chi connectivity index (χ3v) is 6.04. The van der Waals surface area contributed by atoms with Gasteiger partial charge in [-0.2, -0.15) is 0 Å². The summed E-state index contributed by atoms with van der Waals surface area (Å²) in [7, 11) is 0. The fourth-order valence-corrected chi connectivity index (χ4v) is 4.68. The molecular formula is C23H33N5. The second-order valence-corrected chi connectivity index (χ2v) is 8.15. The minimum Gasteiger partial charge on any atom is -0.330 e. The van der Waals surface area contributed by atoms with Gasteiger partial charge in [0.05, 0.1) is 11.7 Å². The highest BCUT2D eigenvalue weighted by Crippen LogP contribution is 2.33. The molecule has 1 unspecified atom stereocenters. The molecular weight excluding hydrogens is 346 g/mol. The van der Waals surface area contributed by atoms with Crippen molar-refractivity contribution in [2.75, 3.05) is 32.8 Å². The molecule has 2 aromatic rings. The Bertz CT molecular complexity index is 735. The van der Waals surface area contributed by atoms with E-state index < -0.39 is 0 Å². The predicted molar refractivity (Wildman–Crippen MR) is 114 cm³/mol. The van der Waals surface area contributed by atoms with Crippen LogP contribution in [0.1, 0.15) is 42.1 Å². The number of nitrogens with zero attached hydrogens (tertiary/aromatic N) is 3. The van der Waals surface area contributed by atoms with Crippen LogP contribution < -0.4 is 11.1 Å². The lowest BCUT2D eigenvalue weighted by Gasteiger charge is -2.36. The number of benzene rings is 1. The van der Waals surface area contributed by atoms with E-state index in [4.69, 9.17) is 10.7 Å². The summed E-state index contributed by atoms with van der Waals surface area (Å²) in [6.45, 7) is 5.93. The summed E-state index contributed by atoms with van der Waals surface area (Å²) < 4.78 is 0. The molecule has 5 heteroatoms. The summed E-state index contributed by atoms with van der Waals surface area (Å²) in [6, 6.07) is 16.0. The molecule has 2 atom stereocenters. The van der Waals surface area contributed by atoms with Gasteiger partial charge in [0, 0.05) is 45.1 Å². The van der Waals surface area contributed by atoms with Gasteiger partial charge in [-0.05, 0) is 49.4 Å². The first-order valence-electron chi connectivity index (χ1n) is 10.7. The van der Waals surface area contributed by atoms with Crippen LogP contribution in [0.4, 0.5) is 0 Å². The molecule has 1 saturated heterocycles. The van der Waals surface area contributed by atoms with Crippen molar-refractivity contribution in [2.45, 2.75) is 44.3 Å². The second kappa shape index (κ2) is 9.61. The maximum Gasteiger partial charge on any atom is 0.0607 e. The number of aromatic nitrogens is 1. The summed E-state index contributed by atoms with van der Waals surface area (Å²) in [5.74, 6) is 0. The van der Waals surface area contributed by atoms with Crippen LogP contribution in [0.3, 0.4) is 0 Å². The van der Waals surface area contributed by atoms with Gasteiger partial charge in [0.25, 0.3) is 0 Å². The molecule has 150 valence electrons. The fraction of sp³-hybridized carbons (Fsp3) is 0.522. The summed E-state index contributed by atoms with van der Waals surface area (Å²) in [5.41, 5.74) is 9.96. The largest absolute Gasteiger partial charge is 0.330 e. The molecule has 0 radical (unpaired) electrons. The SMILES string of the molecule is NCCCN(C[C@@H]1CN(Cc2ccccc2)CN1)C1CCCc2cccnc21. The van der Waals surface area contributed by atoms with Gasteiger partial charge in [-0.1, -0.05) is 36.4 Å². The van der Waals surface area contributed by atoms with Crippen molar-refractivity contribution in [2.24, 2.45) is 5.73 Å². The molecule has 4 rings (SSSR count). The van der Waals surface area contributed by atoms with E-state index in [9.17, 15) is 0 Å². The molecule has 0 spiro atoms. The molecule has 0 bridgehead atoms. The zero-order valence-corrected chi connectivity index (χ0v) is 16.8. The van der Waals surface area contributed by atoms with Crippen molar-refractivity contribution >= 4 is 0 Å². The van der Waals surface area contributed by atoms with E-state index in [1.54, 1.807) is 0 Å². The maximum absolute atomic E-state index is 5.85. The Kier molecular flexibility index (Phi) is 6.70. The lowest BCUT2D eigenvalue weighted by molar-refractivity contribution is 0.159. The summed E-state index contributed by atoms with van der Waals surface area (Å²) in [6.07, 6.45) is 6.61. The van der Waals surface area contributed by atoms with Crippen LogP contribution in [0.25, 0.3) is 0 Å². The molecule has 1 aliphatic heterocycles. The normalized spacial score (nSPS) is 22.5. The third kappa shape index (κ3) is 4.78. The van der Waals surface area contributed by atoms with Crippen LogP contribution in [0, 0.1) is 0 Å². The molecule has 1 aromatic carbocycles. The molecule has 2 heterocycles. The number of fused-ring (bicyclic) bond motifs is 1. The number of hydrogen-bond donors (Lipinski definition) is 2. The Morgan fingerprint density at radius 1 is 1.18 bits per heavy atom. The van der Waals surface area contributed by atoms with E-state index in [0.717, 1.165) is 52.2 Å². The van der Waals surface area contributed by atoms with Crippen molar-refractivity contribution < 1.29 is 0 Å². The Morgan fingerprint density at radius 3 is 2.93 bits per heavy atom. The highest BCUT2D eigenvalue weighted by Gasteiger charge is 2.30. The highest BCUT2D eigenvalue weighted by molar-refractivity contribution is 5.25. The average molecular weight is 380 g/mol. The molecule has 1 fully saturated rings. The van der Waals surface area contributed by atoms with Gasteiger partial charge in [-0.15, -0.1) is 0 Å². The van der Waals surface area contributed by atoms with Crippen molar-refractivity contribution in [3.05, 3.63) is 65.5 Å². The van der Waals surface area contributed by atoms with E-state index in [1.807, 2.05) is 6.20 Å². The molecule has 0 amide bonds. The van der Waals surface area contributed by atoms with Crippen LogP contribution in [0.15, 0.2) is 48.7 Å². The minimum absolute atomic E-state index is 0.432. The summed E-state index contributed by atoms with van der Waals surface area (Å²) in [5, 5.41) is 3.73. The van der Waals surface area contributed by atoms with E-state index in [0.29, 0.717) is 12.1 Å². The third-order valence-electron chi connectivity index (χ3n) is 6.04. The van der Waals surface area contributed by atoms with Gasteiger partial charge in [0.2, 0.25) is 0 Å². The van der Waals surface area contributed by atoms with Crippen molar-refractivity contribution in [1.82, 2.24) is 20.1 Å². The molecule has 0 saturated carbocycles. The zero-order valence-electron chi connectivity index (χ0n) is 16.8. The van der Waals surface area contributed by atoms with Crippen molar-refractivity contribution in [1.29, 1.82) is 0 Å². The number of hydrogen-bond acceptors (Lipinski definition) is 5. The quantitative estimate of drug-likeness (QED) is 0.738. The molecule has 1 aromatic heterocycles. The van der Waals surface area contributed by atoms with Crippen molar-refractivity contribution in [3.63, 3.8) is 0 Å². The average Bonchev–Trinajstić information content (AvgIpc) is 3.18. The van der Waals surface area contributed by atoms with Gasteiger partial charge >= 0.3 is 0 Å². The topological polar surface area (TPSA) is 57.4 Å². The van der Waals surface area contributed by atoms with Gasteiger partial charge < -0.3 is 5.73 Å². The smallest absolute Gasteiger partial charge is 0.0607 e. The lowest BCUT2D eigenvalue weighted by Crippen LogP contribution is -2.43. The Balaban J connectivity index is 1.40. The number of rotatable bonds is 8. The van der Waals surface area contributed by atoms with Crippen LogP contribution in [0.5, 0.6) is 0 Å². The standard InChI is InChI=1S/C23H33N5/c24-12-6-14-28(22-11-4-9-20-10-5-13-25-23(20)22)17-21-16-27(18-26-21)15-19-7-2-1-3-8-19/h1-3,5,7-8,10,13,21-22,26H,4,6,9,11-12,14-18,24H2/t21-,22?/m0/s1. The molecule has 3 N–H and O–H groups in total. The van der Waals surface area contributed by atoms with Crippen LogP contribution in [0.2, 0.25) is 0 Å². The number of nitrogens with two attached hydrogens (primary N) is 1. The number of aryl methyl sites for hydroxylation is 1. The first-order chi connectivity index (χ1) is 13.8. The molecule has 5 nitrogen and oxygen atoms in total. The van der Waals surface area contributed by atoms with E-state index in [2.05, 4.69) is 57.6 Å². The molecule has 1 aliphatic carbocycles. The highest BCUT2D eigenvalue weighted by atomic mass is 15.3. The van der Waals surface area contributed by atoms with Crippen LogP contribution >= 0.6 is 0 Å². The fourth-order valence-electron chi connectivity index (χ4n) is 4.68. The second-order valence-electron chi connectivity index (χ2n) is 8.15. The van der Waals surface area contributed by atoms with Gasteiger partial charge in [-0.3, -0.25) is 20.1 Å². The van der Waals surface area contributed by atoms with Gasteiger partial charge in [-0.25, -0.2) is 0 Å². The number of nitrogens with one attached hydrogen (secondary N) is 1. The van der Waals surface area contributed by atoms with Gasteiger partial charge in [0.1, 0.15) is 0 Å². The molecule has 2 aliphatic rings. The molecule has 28 heavy (non-hydrogen) atoms. The Labute approximate surface area is 168 Å². The first-order valence-corrected chi connectivity index (χ1v) is 10.7. The Hall–Kier alpha value is -1.79. The first kappa shape index (κ1) is 19.5. The van der Waals surface area contributed by atoms with Crippen LogP contribution in [-0.2, 0) is 13.0 Å². The maximum atomic E-state index is 5.85. The predicted octanol–water partition coefficient (Wildman–Crippen LogP) is 2.54. The van der Waals surface area contributed by atoms with E-state index in [-0.39, 0.29) is 0 Å². The lowest BCUT2D eigenvalue weighted by atomic mass is 9.90. The monoisotopic (exact) mass is 379 g/mol. The number of pyridine rings is 1. The summed E-state index contributed by atoms with van der Waals surface area (Å²) in [4.78, 5) is 9.92. The minimum atomic E-state index is 0.432. The van der Waals surface area contributed by atoms with Gasteiger partial charge in [0.15, 0.2) is 0 Å². The van der Waals surface area contributed by atoms with Crippen LogP contribution in [-0.4, -0.2) is 53.7 Å².